The van der Waals surface area contributed by atoms with Crippen LogP contribution in [-0.4, -0.2) is 60.9 Å². The summed E-state index contributed by atoms with van der Waals surface area (Å²) in [6, 6.07) is 17.1. The number of aryl methyl sites for hydroxylation is 1. The molecule has 0 unspecified atom stereocenters. The molecule has 1 N–H and O–H groups in total. The van der Waals surface area contributed by atoms with Crippen LogP contribution in [0.1, 0.15) is 18.9 Å². The summed E-state index contributed by atoms with van der Waals surface area (Å²) in [7, 11) is -3.61. The molecule has 1 fully saturated rings. The Morgan fingerprint density at radius 1 is 1.00 bits per heavy atom. The largest absolute Gasteiger partial charge is 0.348 e. The van der Waals surface area contributed by atoms with E-state index in [-0.39, 0.29) is 6.03 Å². The molecule has 0 aliphatic carbocycles. The zero-order valence-corrected chi connectivity index (χ0v) is 19.2. The average Bonchev–Trinajstić information content (AvgIpc) is 3.05. The molecule has 1 aromatic heterocycles. The number of benzene rings is 2. The second kappa shape index (κ2) is 9.75. The third-order valence-corrected chi connectivity index (χ3v) is 7.89. The van der Waals surface area contributed by atoms with Gasteiger partial charge in [-0.15, -0.1) is 0 Å². The van der Waals surface area contributed by atoms with Gasteiger partial charge in [-0.1, -0.05) is 30.3 Å². The molecule has 0 spiro atoms. The van der Waals surface area contributed by atoms with Gasteiger partial charge in [-0.3, -0.25) is 0 Å². The van der Waals surface area contributed by atoms with Gasteiger partial charge in [-0.2, -0.15) is 4.31 Å². The van der Waals surface area contributed by atoms with Crippen LogP contribution in [0.4, 0.5) is 4.79 Å². The Labute approximate surface area is 189 Å². The molecule has 8 heteroatoms. The zero-order chi connectivity index (χ0) is 22.6. The first-order valence-electron chi connectivity index (χ1n) is 11.1. The normalized spacial score (nSPS) is 15.6. The quantitative estimate of drug-likeness (QED) is 0.621. The lowest BCUT2D eigenvalue weighted by atomic mass is 10.1. The van der Waals surface area contributed by atoms with Gasteiger partial charge in [0.05, 0.1) is 4.90 Å². The van der Waals surface area contributed by atoms with E-state index in [1.54, 1.807) is 17.0 Å². The number of amides is 2. The molecule has 0 radical (unpaired) electrons. The molecule has 0 bridgehead atoms. The maximum atomic E-state index is 13.3. The zero-order valence-electron chi connectivity index (χ0n) is 18.4. The minimum atomic E-state index is -3.61. The van der Waals surface area contributed by atoms with Gasteiger partial charge in [-0.25, -0.2) is 13.2 Å². The monoisotopic (exact) mass is 454 g/mol. The number of nitrogens with zero attached hydrogens (tertiary/aromatic N) is 3. The van der Waals surface area contributed by atoms with Crippen LogP contribution < -0.4 is 5.32 Å². The number of rotatable bonds is 6. The van der Waals surface area contributed by atoms with Gasteiger partial charge in [0.25, 0.3) is 0 Å². The van der Waals surface area contributed by atoms with E-state index in [4.69, 9.17) is 0 Å². The minimum absolute atomic E-state index is 0.137. The number of carbonyl (C=O) groups is 1. The van der Waals surface area contributed by atoms with Crippen molar-refractivity contribution in [1.82, 2.24) is 19.1 Å². The summed E-state index contributed by atoms with van der Waals surface area (Å²) < 4.78 is 30.1. The van der Waals surface area contributed by atoms with Gasteiger partial charge >= 0.3 is 6.03 Å². The summed E-state index contributed by atoms with van der Waals surface area (Å²) in [4.78, 5) is 14.6. The molecule has 4 rings (SSSR count). The van der Waals surface area contributed by atoms with Crippen LogP contribution >= 0.6 is 0 Å². The highest BCUT2D eigenvalue weighted by molar-refractivity contribution is 7.89. The predicted molar refractivity (Wildman–Crippen MR) is 126 cm³/mol. The molecule has 3 aromatic rings. The fraction of sp³-hybridized carbons (Fsp3) is 0.375. The molecule has 1 saturated heterocycles. The van der Waals surface area contributed by atoms with Gasteiger partial charge < -0.3 is 14.8 Å². The van der Waals surface area contributed by atoms with E-state index in [0.29, 0.717) is 44.0 Å². The van der Waals surface area contributed by atoms with Gasteiger partial charge in [0.1, 0.15) is 0 Å². The second-order valence-corrected chi connectivity index (χ2v) is 9.97. The lowest BCUT2D eigenvalue weighted by Gasteiger charge is -2.22. The molecule has 2 aromatic carbocycles. The Hall–Kier alpha value is -2.84. The van der Waals surface area contributed by atoms with Crippen molar-refractivity contribution in [1.29, 1.82) is 0 Å². The van der Waals surface area contributed by atoms with Crippen LogP contribution in [0.5, 0.6) is 0 Å². The van der Waals surface area contributed by atoms with Crippen molar-refractivity contribution in [2.75, 3.05) is 32.7 Å². The number of hydrogen-bond acceptors (Lipinski definition) is 3. The summed E-state index contributed by atoms with van der Waals surface area (Å²) in [5, 5.41) is 3.88. The van der Waals surface area contributed by atoms with Crippen molar-refractivity contribution in [3.63, 3.8) is 0 Å². The minimum Gasteiger partial charge on any atom is -0.348 e. The number of urea groups is 1. The number of nitrogens with one attached hydrogen (secondary N) is 1. The first-order valence-corrected chi connectivity index (χ1v) is 12.6. The third-order valence-electron chi connectivity index (χ3n) is 6.00. The fourth-order valence-corrected chi connectivity index (χ4v) is 5.68. The molecule has 1 aliphatic heterocycles. The predicted octanol–water partition coefficient (Wildman–Crippen LogP) is 3.31. The van der Waals surface area contributed by atoms with E-state index in [2.05, 4.69) is 16.8 Å². The van der Waals surface area contributed by atoms with Gasteiger partial charge in [0, 0.05) is 56.4 Å². The van der Waals surface area contributed by atoms with E-state index < -0.39 is 10.0 Å². The van der Waals surface area contributed by atoms with E-state index >= 15 is 0 Å². The lowest BCUT2D eigenvalue weighted by molar-refractivity contribution is 0.200. The standard InChI is InChI=1S/C24H30N4O3S/c1-2-26-16-12-21-19-22(9-10-23(21)26)32(30,31)28-15-6-14-27(17-18-28)24(29)25-13-11-20-7-4-3-5-8-20/h3-5,7-10,12,16,19H,2,6,11,13-15,17-18H2,1H3,(H,25,29). The van der Waals surface area contributed by atoms with E-state index in [1.165, 1.54) is 9.87 Å². The highest BCUT2D eigenvalue weighted by Crippen LogP contribution is 2.24. The first-order chi connectivity index (χ1) is 15.5. The van der Waals surface area contributed by atoms with Crippen molar-refractivity contribution in [3.05, 3.63) is 66.4 Å². The first kappa shape index (κ1) is 22.4. The molecule has 0 saturated carbocycles. The van der Waals surface area contributed by atoms with E-state index in [9.17, 15) is 13.2 Å². The maximum Gasteiger partial charge on any atom is 0.317 e. The Kier molecular flexibility index (Phi) is 6.81. The van der Waals surface area contributed by atoms with Crippen LogP contribution in [0.15, 0.2) is 65.7 Å². The molecule has 1 aliphatic rings. The maximum absolute atomic E-state index is 13.3. The SMILES string of the molecule is CCn1ccc2cc(S(=O)(=O)N3CCCN(C(=O)NCCc4ccccc4)CC3)ccc21. The van der Waals surface area contributed by atoms with Crippen LogP contribution in [0, 0.1) is 0 Å². The van der Waals surface area contributed by atoms with Crippen molar-refractivity contribution < 1.29 is 13.2 Å². The van der Waals surface area contributed by atoms with Crippen molar-refractivity contribution in [2.24, 2.45) is 0 Å². The smallest absolute Gasteiger partial charge is 0.317 e. The van der Waals surface area contributed by atoms with Crippen LogP contribution in [0.3, 0.4) is 0 Å². The average molecular weight is 455 g/mol. The van der Waals surface area contributed by atoms with E-state index in [1.807, 2.05) is 48.7 Å². The highest BCUT2D eigenvalue weighted by Gasteiger charge is 2.28. The van der Waals surface area contributed by atoms with Gasteiger partial charge in [0.2, 0.25) is 10.0 Å². The van der Waals surface area contributed by atoms with Crippen LogP contribution in [0.2, 0.25) is 0 Å². The summed E-state index contributed by atoms with van der Waals surface area (Å²) in [5.74, 6) is 0. The number of aromatic nitrogens is 1. The third kappa shape index (κ3) is 4.81. The molecule has 0 atom stereocenters. The molecular weight excluding hydrogens is 424 g/mol. The van der Waals surface area contributed by atoms with Crippen molar-refractivity contribution >= 4 is 27.0 Å². The van der Waals surface area contributed by atoms with Crippen molar-refractivity contribution in [3.8, 4) is 0 Å². The van der Waals surface area contributed by atoms with Crippen molar-refractivity contribution in [2.45, 2.75) is 31.2 Å². The van der Waals surface area contributed by atoms with Gasteiger partial charge in [-0.05, 0) is 49.6 Å². The van der Waals surface area contributed by atoms with Crippen LogP contribution in [0.25, 0.3) is 10.9 Å². The highest BCUT2D eigenvalue weighted by atomic mass is 32.2. The van der Waals surface area contributed by atoms with Crippen LogP contribution in [-0.2, 0) is 23.0 Å². The van der Waals surface area contributed by atoms with E-state index in [0.717, 1.165) is 23.9 Å². The Morgan fingerprint density at radius 2 is 1.81 bits per heavy atom. The molecule has 32 heavy (non-hydrogen) atoms. The molecule has 2 heterocycles. The Balaban J connectivity index is 1.37. The van der Waals surface area contributed by atoms with Gasteiger partial charge in [0.15, 0.2) is 0 Å². The molecule has 7 nitrogen and oxygen atoms in total. The Bertz CT molecular complexity index is 1170. The molecule has 2 amide bonds. The molecular formula is C24H30N4O3S. The number of fused-ring (bicyclic) bond motifs is 1. The number of hydrogen-bond donors (Lipinski definition) is 1. The topological polar surface area (TPSA) is 74.7 Å². The lowest BCUT2D eigenvalue weighted by Crippen LogP contribution is -2.43. The number of carbonyl (C=O) groups excluding carboxylic acids is 1. The summed E-state index contributed by atoms with van der Waals surface area (Å²) >= 11 is 0. The summed E-state index contributed by atoms with van der Waals surface area (Å²) in [6.45, 7) is 5.08. The summed E-state index contributed by atoms with van der Waals surface area (Å²) in [5.41, 5.74) is 2.20. The molecule has 170 valence electrons. The number of sulfonamides is 1. The second-order valence-electron chi connectivity index (χ2n) is 8.03. The fourth-order valence-electron chi connectivity index (χ4n) is 4.17. The summed E-state index contributed by atoms with van der Waals surface area (Å²) in [6.07, 6.45) is 3.35. The Morgan fingerprint density at radius 3 is 2.59 bits per heavy atom.